The summed E-state index contributed by atoms with van der Waals surface area (Å²) in [6.07, 6.45) is -0.0820. The second kappa shape index (κ2) is 9.14. The smallest absolute Gasteiger partial charge is 0.307 e. The van der Waals surface area contributed by atoms with Crippen LogP contribution in [0.15, 0.2) is 54.6 Å². The minimum atomic E-state index is -0.701. The molecule has 2 N–H and O–H groups in total. The van der Waals surface area contributed by atoms with Gasteiger partial charge in [-0.15, -0.1) is 0 Å². The third kappa shape index (κ3) is 4.95. The van der Waals surface area contributed by atoms with Crippen LogP contribution in [0.1, 0.15) is 6.42 Å². The molecule has 1 saturated heterocycles. The Kier molecular flexibility index (Phi) is 6.39. The van der Waals surface area contributed by atoms with Crippen molar-refractivity contribution < 1.29 is 19.1 Å². The van der Waals surface area contributed by atoms with Crippen molar-refractivity contribution >= 4 is 23.5 Å². The van der Waals surface area contributed by atoms with Crippen LogP contribution in [0.25, 0.3) is 11.1 Å². The van der Waals surface area contributed by atoms with Crippen molar-refractivity contribution in [2.75, 3.05) is 32.1 Å². The molecule has 0 spiro atoms. The van der Waals surface area contributed by atoms with Gasteiger partial charge in [0.1, 0.15) is 6.04 Å². The maximum absolute atomic E-state index is 12.4. The van der Waals surface area contributed by atoms with Crippen molar-refractivity contribution in [2.24, 2.45) is 0 Å². The number of hydrogen-bond acceptors (Lipinski definition) is 5. The molecule has 0 aliphatic carbocycles. The van der Waals surface area contributed by atoms with E-state index in [1.54, 1.807) is 4.90 Å². The van der Waals surface area contributed by atoms with E-state index >= 15 is 0 Å². The highest BCUT2D eigenvalue weighted by Crippen LogP contribution is 2.21. The first-order chi connectivity index (χ1) is 13.6. The number of esters is 1. The summed E-state index contributed by atoms with van der Waals surface area (Å²) in [5.41, 5.74) is 2.84. The maximum Gasteiger partial charge on any atom is 0.307 e. The average molecular weight is 381 g/mol. The van der Waals surface area contributed by atoms with Crippen molar-refractivity contribution in [1.82, 2.24) is 10.2 Å². The molecule has 2 aromatic rings. The van der Waals surface area contributed by atoms with Crippen molar-refractivity contribution in [3.05, 3.63) is 54.6 Å². The second-order valence-corrected chi connectivity index (χ2v) is 6.55. The first kappa shape index (κ1) is 19.6. The summed E-state index contributed by atoms with van der Waals surface area (Å²) < 4.78 is 4.65. The van der Waals surface area contributed by atoms with E-state index in [1.807, 2.05) is 54.6 Å². The van der Waals surface area contributed by atoms with E-state index in [0.717, 1.165) is 11.1 Å². The van der Waals surface area contributed by atoms with Crippen LogP contribution in [0.5, 0.6) is 0 Å². The number of carbonyl (C=O) groups is 3. The fraction of sp³-hybridized carbons (Fsp3) is 0.286. The third-order valence-corrected chi connectivity index (χ3v) is 4.65. The minimum Gasteiger partial charge on any atom is -0.469 e. The average Bonchev–Trinajstić information content (AvgIpc) is 2.71. The molecule has 0 aromatic heterocycles. The van der Waals surface area contributed by atoms with Gasteiger partial charge in [-0.25, -0.2) is 0 Å². The largest absolute Gasteiger partial charge is 0.469 e. The Morgan fingerprint density at radius 1 is 1.11 bits per heavy atom. The highest BCUT2D eigenvalue weighted by atomic mass is 16.5. The molecule has 1 aliphatic heterocycles. The van der Waals surface area contributed by atoms with Crippen LogP contribution in [0.3, 0.4) is 0 Å². The van der Waals surface area contributed by atoms with Crippen LogP contribution in [0, 0.1) is 0 Å². The summed E-state index contributed by atoms with van der Waals surface area (Å²) in [5.74, 6) is -0.988. The normalized spacial score (nSPS) is 16.9. The van der Waals surface area contributed by atoms with Gasteiger partial charge in [-0.1, -0.05) is 42.5 Å². The predicted molar refractivity (Wildman–Crippen MR) is 106 cm³/mol. The standard InChI is InChI=1S/C21H23N3O4/c1-28-20(26)13-18-21(27)22-11-12-24(18)14-19(25)23-17-9-7-16(8-10-17)15-5-3-2-4-6-15/h2-10,18H,11-14H2,1H3,(H,22,27)(H,23,25)/t18-/m0/s1. The third-order valence-electron chi connectivity index (χ3n) is 4.65. The molecule has 1 fully saturated rings. The molecule has 7 nitrogen and oxygen atoms in total. The molecular formula is C21H23N3O4. The highest BCUT2D eigenvalue weighted by molar-refractivity contribution is 5.94. The van der Waals surface area contributed by atoms with E-state index in [-0.39, 0.29) is 24.8 Å². The van der Waals surface area contributed by atoms with Crippen LogP contribution >= 0.6 is 0 Å². The SMILES string of the molecule is COC(=O)C[C@H]1C(=O)NCCN1CC(=O)Nc1ccc(-c2ccccc2)cc1. The minimum absolute atomic E-state index is 0.0233. The van der Waals surface area contributed by atoms with Gasteiger partial charge in [0.05, 0.1) is 20.1 Å². The number of nitrogens with one attached hydrogen (secondary N) is 2. The summed E-state index contributed by atoms with van der Waals surface area (Å²) in [6, 6.07) is 16.8. The predicted octanol–water partition coefficient (Wildman–Crippen LogP) is 1.66. The zero-order valence-corrected chi connectivity index (χ0v) is 15.7. The van der Waals surface area contributed by atoms with Gasteiger partial charge in [0, 0.05) is 18.8 Å². The van der Waals surface area contributed by atoms with E-state index in [9.17, 15) is 14.4 Å². The number of hydrogen-bond donors (Lipinski definition) is 2. The van der Waals surface area contributed by atoms with Gasteiger partial charge in [0.25, 0.3) is 0 Å². The van der Waals surface area contributed by atoms with E-state index < -0.39 is 12.0 Å². The summed E-state index contributed by atoms with van der Waals surface area (Å²) in [7, 11) is 1.28. The van der Waals surface area contributed by atoms with Gasteiger partial charge < -0.3 is 15.4 Å². The van der Waals surface area contributed by atoms with E-state index in [1.165, 1.54) is 7.11 Å². The molecule has 0 saturated carbocycles. The quantitative estimate of drug-likeness (QED) is 0.743. The van der Waals surface area contributed by atoms with Gasteiger partial charge in [-0.2, -0.15) is 0 Å². The first-order valence-corrected chi connectivity index (χ1v) is 9.11. The molecule has 28 heavy (non-hydrogen) atoms. The summed E-state index contributed by atoms with van der Waals surface area (Å²) in [6.45, 7) is 0.957. The first-order valence-electron chi connectivity index (χ1n) is 9.11. The molecular weight excluding hydrogens is 358 g/mol. The molecule has 1 aliphatic rings. The zero-order valence-electron chi connectivity index (χ0n) is 15.7. The van der Waals surface area contributed by atoms with Gasteiger partial charge in [0.15, 0.2) is 0 Å². The van der Waals surface area contributed by atoms with Crippen molar-refractivity contribution in [1.29, 1.82) is 0 Å². The summed E-state index contributed by atoms with van der Waals surface area (Å²) >= 11 is 0. The van der Waals surface area contributed by atoms with Crippen LogP contribution in [-0.4, -0.2) is 55.5 Å². The lowest BCUT2D eigenvalue weighted by molar-refractivity contribution is -0.146. The summed E-state index contributed by atoms with van der Waals surface area (Å²) in [5, 5.41) is 5.56. The second-order valence-electron chi connectivity index (χ2n) is 6.55. The lowest BCUT2D eigenvalue weighted by Crippen LogP contribution is -2.57. The molecule has 1 heterocycles. The molecule has 0 bridgehead atoms. The maximum atomic E-state index is 12.4. The van der Waals surface area contributed by atoms with Gasteiger partial charge in [-0.05, 0) is 23.3 Å². The monoisotopic (exact) mass is 381 g/mol. The fourth-order valence-electron chi connectivity index (χ4n) is 3.18. The molecule has 0 unspecified atom stereocenters. The molecule has 7 heteroatoms. The molecule has 2 amide bonds. The molecule has 146 valence electrons. The Bertz CT molecular complexity index is 836. The van der Waals surface area contributed by atoms with E-state index in [4.69, 9.17) is 0 Å². The topological polar surface area (TPSA) is 87.7 Å². The van der Waals surface area contributed by atoms with Gasteiger partial charge in [0.2, 0.25) is 11.8 Å². The molecule has 3 rings (SSSR count). The molecule has 2 aromatic carbocycles. The van der Waals surface area contributed by atoms with Crippen LogP contribution in [0.2, 0.25) is 0 Å². The van der Waals surface area contributed by atoms with Crippen molar-refractivity contribution in [3.63, 3.8) is 0 Å². The van der Waals surface area contributed by atoms with Crippen LogP contribution in [0.4, 0.5) is 5.69 Å². The Labute approximate surface area is 163 Å². The van der Waals surface area contributed by atoms with Gasteiger partial charge >= 0.3 is 5.97 Å². The number of rotatable bonds is 6. The number of ether oxygens (including phenoxy) is 1. The van der Waals surface area contributed by atoms with Crippen molar-refractivity contribution in [3.8, 4) is 11.1 Å². The van der Waals surface area contributed by atoms with Crippen LogP contribution < -0.4 is 10.6 Å². The van der Waals surface area contributed by atoms with E-state index in [0.29, 0.717) is 18.8 Å². The lowest BCUT2D eigenvalue weighted by Gasteiger charge is -2.33. The Balaban J connectivity index is 1.61. The van der Waals surface area contributed by atoms with Crippen molar-refractivity contribution in [2.45, 2.75) is 12.5 Å². The highest BCUT2D eigenvalue weighted by Gasteiger charge is 2.33. The van der Waals surface area contributed by atoms with Crippen LogP contribution in [-0.2, 0) is 19.1 Å². The molecule has 0 radical (unpaired) electrons. The Morgan fingerprint density at radius 3 is 2.46 bits per heavy atom. The number of nitrogens with zero attached hydrogens (tertiary/aromatic N) is 1. The zero-order chi connectivity index (χ0) is 19.9. The number of methoxy groups -OCH3 is 1. The number of piperazine rings is 1. The van der Waals surface area contributed by atoms with Gasteiger partial charge in [-0.3, -0.25) is 19.3 Å². The summed E-state index contributed by atoms with van der Waals surface area (Å²) in [4.78, 5) is 37.8. The molecule has 1 atom stereocenters. The number of amides is 2. The number of benzene rings is 2. The van der Waals surface area contributed by atoms with E-state index in [2.05, 4.69) is 15.4 Å². The fourth-order valence-corrected chi connectivity index (χ4v) is 3.18. The number of anilines is 1. The Hall–Kier alpha value is -3.19. The number of carbonyl (C=O) groups excluding carboxylic acids is 3. The lowest BCUT2D eigenvalue weighted by atomic mass is 10.1. The Morgan fingerprint density at radius 2 is 1.79 bits per heavy atom.